The number of benzene rings is 1. The molecule has 92 valence electrons. The van der Waals surface area contributed by atoms with Crippen LogP contribution in [0.2, 0.25) is 0 Å². The zero-order valence-electron chi connectivity index (χ0n) is 11.1. The molecule has 2 aliphatic carbocycles. The molecule has 0 spiro atoms. The van der Waals surface area contributed by atoms with Gasteiger partial charge in [0.05, 0.1) is 0 Å². The average molecular weight is 262 g/mol. The highest BCUT2D eigenvalue weighted by atomic mass is 31.1. The molecule has 0 amide bonds. The molecule has 0 nitrogen and oxygen atoms in total. The predicted octanol–water partition coefficient (Wildman–Crippen LogP) is 5.09. The van der Waals surface area contributed by atoms with E-state index in [1.807, 2.05) is 0 Å². The summed E-state index contributed by atoms with van der Waals surface area (Å²) < 4.78 is 0. The Hall–Kier alpha value is -1.65. The van der Waals surface area contributed by atoms with Crippen LogP contribution >= 0.6 is 8.20 Å². The number of fused-ring (bicyclic) bond motifs is 2. The van der Waals surface area contributed by atoms with Gasteiger partial charge < -0.3 is 0 Å². The molecule has 1 atom stereocenters. The van der Waals surface area contributed by atoms with Crippen LogP contribution in [0.5, 0.6) is 0 Å². The standard InChI is InChI=1S/C18H15P/c1-11-9-16(17-10-12(2)19-18(11)17)15-8-7-13-5-3-4-6-14(13)15/h3-10,15H,1-2H3. The van der Waals surface area contributed by atoms with Crippen LogP contribution in [-0.4, -0.2) is 5.29 Å². The number of rotatable bonds is 1. The molecular formula is C18H15P. The van der Waals surface area contributed by atoms with E-state index in [4.69, 9.17) is 0 Å². The Morgan fingerprint density at radius 1 is 1.05 bits per heavy atom. The lowest BCUT2D eigenvalue weighted by Gasteiger charge is -2.12. The summed E-state index contributed by atoms with van der Waals surface area (Å²) in [6, 6.07) is 8.74. The van der Waals surface area contributed by atoms with E-state index in [9.17, 15) is 0 Å². The van der Waals surface area contributed by atoms with Crippen molar-refractivity contribution in [3.05, 3.63) is 75.7 Å². The molecule has 1 heteroatoms. The molecule has 0 N–H and O–H groups in total. The maximum absolute atomic E-state index is 2.39. The third-order valence-corrected chi connectivity index (χ3v) is 5.39. The van der Waals surface area contributed by atoms with Crippen molar-refractivity contribution in [2.75, 3.05) is 0 Å². The van der Waals surface area contributed by atoms with Crippen molar-refractivity contribution in [3.8, 4) is 0 Å². The van der Waals surface area contributed by atoms with Crippen LogP contribution in [0, 0.1) is 0 Å². The molecule has 1 aromatic carbocycles. The monoisotopic (exact) mass is 262 g/mol. The van der Waals surface area contributed by atoms with E-state index in [2.05, 4.69) is 62.4 Å². The Bertz CT molecular complexity index is 739. The third kappa shape index (κ3) is 1.57. The third-order valence-electron chi connectivity index (χ3n) is 4.09. The van der Waals surface area contributed by atoms with E-state index < -0.39 is 0 Å². The van der Waals surface area contributed by atoms with Gasteiger partial charge >= 0.3 is 0 Å². The quantitative estimate of drug-likeness (QED) is 0.618. The summed E-state index contributed by atoms with van der Waals surface area (Å²) in [6.45, 7) is 4.47. The molecule has 0 fully saturated rings. The summed E-state index contributed by atoms with van der Waals surface area (Å²) in [5.41, 5.74) is 7.22. The van der Waals surface area contributed by atoms with Gasteiger partial charge in [0.2, 0.25) is 0 Å². The summed E-state index contributed by atoms with van der Waals surface area (Å²) in [5.74, 6) is 0.441. The van der Waals surface area contributed by atoms with Gasteiger partial charge in [0, 0.05) is 11.2 Å². The zero-order valence-corrected chi connectivity index (χ0v) is 12.0. The minimum absolute atomic E-state index is 0.441. The van der Waals surface area contributed by atoms with Gasteiger partial charge in [-0.2, -0.15) is 0 Å². The van der Waals surface area contributed by atoms with Gasteiger partial charge in [0.1, 0.15) is 0 Å². The Morgan fingerprint density at radius 2 is 1.89 bits per heavy atom. The Kier molecular flexibility index (Phi) is 2.31. The number of hydrogen-bond acceptors (Lipinski definition) is 0. The van der Waals surface area contributed by atoms with Gasteiger partial charge in [0.25, 0.3) is 0 Å². The van der Waals surface area contributed by atoms with Crippen LogP contribution < -0.4 is 0 Å². The number of hydrogen-bond donors (Lipinski definition) is 0. The largest absolute Gasteiger partial charge is 0.0720 e. The van der Waals surface area contributed by atoms with Crippen LogP contribution in [0.3, 0.4) is 0 Å². The van der Waals surface area contributed by atoms with Crippen molar-refractivity contribution in [2.24, 2.45) is 0 Å². The van der Waals surface area contributed by atoms with Crippen molar-refractivity contribution >= 4 is 19.6 Å². The van der Waals surface area contributed by atoms with Gasteiger partial charge in [0.15, 0.2) is 0 Å². The fraction of sp³-hybridized carbons (Fsp3) is 0.167. The molecule has 4 rings (SSSR count). The van der Waals surface area contributed by atoms with Gasteiger partial charge in [-0.25, -0.2) is 0 Å². The van der Waals surface area contributed by atoms with E-state index in [0.29, 0.717) is 5.92 Å². The van der Waals surface area contributed by atoms with E-state index in [-0.39, 0.29) is 0 Å². The van der Waals surface area contributed by atoms with E-state index in [1.165, 1.54) is 46.7 Å². The average Bonchev–Trinajstić information content (AvgIpc) is 3.05. The maximum Gasteiger partial charge on any atom is 0.0285 e. The molecular weight excluding hydrogens is 247 g/mol. The van der Waals surface area contributed by atoms with Crippen LogP contribution in [0.15, 0.2) is 64.5 Å². The molecule has 1 unspecified atom stereocenters. The lowest BCUT2D eigenvalue weighted by molar-refractivity contribution is 1.05. The molecule has 1 heterocycles. The predicted molar refractivity (Wildman–Crippen MR) is 84.7 cm³/mol. The molecule has 0 bridgehead atoms. The molecule has 1 aromatic rings. The van der Waals surface area contributed by atoms with E-state index >= 15 is 0 Å². The second-order valence-corrected chi connectivity index (χ2v) is 6.78. The fourth-order valence-electron chi connectivity index (χ4n) is 3.22. The first-order chi connectivity index (χ1) is 9.24. The zero-order chi connectivity index (χ0) is 13.0. The number of allylic oxidation sites excluding steroid dienone is 7. The second kappa shape index (κ2) is 3.92. The van der Waals surface area contributed by atoms with Crippen molar-refractivity contribution in [1.29, 1.82) is 0 Å². The maximum atomic E-state index is 2.39. The van der Waals surface area contributed by atoms with Gasteiger partial charge in [-0.1, -0.05) is 50.7 Å². The summed E-state index contributed by atoms with van der Waals surface area (Å²) in [6.07, 6.45) is 9.36. The van der Waals surface area contributed by atoms with Gasteiger partial charge in [-0.15, -0.1) is 0 Å². The first kappa shape index (κ1) is 11.2. The lowest BCUT2D eigenvalue weighted by Crippen LogP contribution is -1.98. The normalized spacial score (nSPS) is 24.1. The van der Waals surface area contributed by atoms with Crippen molar-refractivity contribution in [3.63, 3.8) is 0 Å². The van der Waals surface area contributed by atoms with E-state index in [1.54, 1.807) is 0 Å². The van der Waals surface area contributed by atoms with Crippen molar-refractivity contribution in [1.82, 2.24) is 0 Å². The van der Waals surface area contributed by atoms with Crippen LogP contribution in [0.4, 0.5) is 0 Å². The highest BCUT2D eigenvalue weighted by molar-refractivity contribution is 7.47. The molecule has 0 saturated carbocycles. The molecule has 1 aliphatic heterocycles. The molecule has 0 saturated heterocycles. The summed E-state index contributed by atoms with van der Waals surface area (Å²) in [7, 11) is 1.40. The summed E-state index contributed by atoms with van der Waals surface area (Å²) in [4.78, 5) is 0. The Labute approximate surface area is 115 Å². The summed E-state index contributed by atoms with van der Waals surface area (Å²) >= 11 is 0. The highest BCUT2D eigenvalue weighted by Crippen LogP contribution is 2.45. The SMILES string of the molecule is CC1=CC2=C(C3C=Cc4ccccc43)C=C(C)C2=P1. The second-order valence-electron chi connectivity index (χ2n) is 5.41. The van der Waals surface area contributed by atoms with Crippen LogP contribution in [0.1, 0.15) is 30.9 Å². The fourth-order valence-corrected chi connectivity index (χ4v) is 4.33. The molecule has 0 aromatic heterocycles. The first-order valence-electron chi connectivity index (χ1n) is 6.71. The topological polar surface area (TPSA) is 0 Å². The minimum atomic E-state index is 0.441. The smallest absolute Gasteiger partial charge is 0.0285 e. The molecule has 19 heavy (non-hydrogen) atoms. The van der Waals surface area contributed by atoms with Crippen LogP contribution in [0.25, 0.3) is 6.08 Å². The van der Waals surface area contributed by atoms with E-state index in [0.717, 1.165) is 0 Å². The summed E-state index contributed by atoms with van der Waals surface area (Å²) in [5, 5.41) is 2.98. The van der Waals surface area contributed by atoms with Crippen LogP contribution in [-0.2, 0) is 0 Å². The Balaban J connectivity index is 1.88. The van der Waals surface area contributed by atoms with Gasteiger partial charge in [-0.3, -0.25) is 0 Å². The highest BCUT2D eigenvalue weighted by Gasteiger charge is 2.28. The van der Waals surface area contributed by atoms with Gasteiger partial charge in [-0.05, 0) is 53.1 Å². The van der Waals surface area contributed by atoms with Crippen molar-refractivity contribution in [2.45, 2.75) is 19.8 Å². The minimum Gasteiger partial charge on any atom is -0.0720 e. The Morgan fingerprint density at radius 3 is 2.79 bits per heavy atom. The van der Waals surface area contributed by atoms with Crippen molar-refractivity contribution < 1.29 is 0 Å². The molecule has 0 radical (unpaired) electrons. The first-order valence-corrected chi connectivity index (χ1v) is 7.61. The molecule has 3 aliphatic rings. The lowest BCUT2D eigenvalue weighted by atomic mass is 9.91.